The predicted octanol–water partition coefficient (Wildman–Crippen LogP) is 3.10. The molecule has 0 aliphatic carbocycles. The quantitative estimate of drug-likeness (QED) is 0.902. The van der Waals surface area contributed by atoms with Crippen molar-refractivity contribution < 1.29 is 14.7 Å². The number of hydrogen-bond donors (Lipinski definition) is 2. The highest BCUT2D eigenvalue weighted by Gasteiger charge is 2.35. The van der Waals surface area contributed by atoms with E-state index in [1.54, 1.807) is 26.8 Å². The summed E-state index contributed by atoms with van der Waals surface area (Å²) in [6.45, 7) is 5.23. The Morgan fingerprint density at radius 1 is 1.35 bits per heavy atom. The Labute approximate surface area is 117 Å². The van der Waals surface area contributed by atoms with Gasteiger partial charge in [-0.3, -0.25) is 9.69 Å². The van der Waals surface area contributed by atoms with Crippen molar-refractivity contribution in [3.8, 4) is 0 Å². The van der Waals surface area contributed by atoms with Crippen molar-refractivity contribution in [2.75, 3.05) is 0 Å². The van der Waals surface area contributed by atoms with Crippen molar-refractivity contribution >= 4 is 23.3 Å². The number of aromatic amines is 1. The molecular formula is C15H17N2O3. The molecule has 1 amide bonds. The first-order valence-electron chi connectivity index (χ1n) is 6.32. The van der Waals surface area contributed by atoms with Gasteiger partial charge in [0.05, 0.1) is 0 Å². The number of carboxylic acid groups (broad SMARTS) is 1. The molecule has 1 aromatic heterocycles. The predicted molar refractivity (Wildman–Crippen MR) is 76.4 cm³/mol. The lowest BCUT2D eigenvalue weighted by Gasteiger charge is -2.36. The Bertz CT molecular complexity index is 607. The fourth-order valence-electron chi connectivity index (χ4n) is 2.28. The summed E-state index contributed by atoms with van der Waals surface area (Å²) in [5, 5.41) is 10.3. The van der Waals surface area contributed by atoms with E-state index in [0.29, 0.717) is 5.69 Å². The molecule has 1 radical (unpaired) electrons. The first-order valence-corrected chi connectivity index (χ1v) is 6.32. The van der Waals surface area contributed by atoms with Gasteiger partial charge in [0.1, 0.15) is 6.04 Å². The monoisotopic (exact) mass is 273 g/mol. The summed E-state index contributed by atoms with van der Waals surface area (Å²) in [5.41, 5.74) is 0.686. The van der Waals surface area contributed by atoms with Crippen LogP contribution in [0.5, 0.6) is 0 Å². The van der Waals surface area contributed by atoms with E-state index in [4.69, 9.17) is 0 Å². The molecule has 0 bridgehead atoms. The maximum Gasteiger partial charge on any atom is 0.408 e. The molecule has 1 aromatic carbocycles. The number of para-hydroxylation sites is 1. The summed E-state index contributed by atoms with van der Waals surface area (Å²) in [4.78, 5) is 27.0. The number of rotatable bonds is 3. The standard InChI is InChI=1S/C15H17N2O3/c1-15(2,3)17(14(19)20)13(9-18)12-8-10-6-4-5-7-11(10)16-12/h4-8,13,16H,1-3H3,(H,19,20). The molecule has 0 spiro atoms. The second-order valence-corrected chi connectivity index (χ2v) is 5.66. The molecule has 5 nitrogen and oxygen atoms in total. The van der Waals surface area contributed by atoms with Gasteiger partial charge in [0.25, 0.3) is 0 Å². The average Bonchev–Trinajstić information content (AvgIpc) is 2.76. The van der Waals surface area contributed by atoms with Gasteiger partial charge in [0, 0.05) is 16.7 Å². The zero-order valence-corrected chi connectivity index (χ0v) is 11.7. The average molecular weight is 273 g/mol. The first-order chi connectivity index (χ1) is 9.34. The van der Waals surface area contributed by atoms with Gasteiger partial charge in [-0.25, -0.2) is 4.79 Å². The van der Waals surface area contributed by atoms with Crippen molar-refractivity contribution in [1.29, 1.82) is 0 Å². The molecule has 1 unspecified atom stereocenters. The van der Waals surface area contributed by atoms with Gasteiger partial charge in [0.2, 0.25) is 6.29 Å². The molecule has 0 fully saturated rings. The maximum atomic E-state index is 11.5. The molecule has 1 heterocycles. The third-order valence-corrected chi connectivity index (χ3v) is 3.14. The van der Waals surface area contributed by atoms with Crippen LogP contribution in [-0.4, -0.2) is 32.9 Å². The molecule has 1 atom stereocenters. The molecule has 2 aromatic rings. The molecule has 105 valence electrons. The van der Waals surface area contributed by atoms with E-state index in [1.165, 1.54) is 0 Å². The highest BCUT2D eigenvalue weighted by Crippen LogP contribution is 2.28. The minimum Gasteiger partial charge on any atom is -0.465 e. The lowest BCUT2D eigenvalue weighted by atomic mass is 10.0. The molecular weight excluding hydrogens is 256 g/mol. The van der Waals surface area contributed by atoms with E-state index in [2.05, 4.69) is 4.98 Å². The lowest BCUT2D eigenvalue weighted by Crippen LogP contribution is -2.47. The maximum absolute atomic E-state index is 11.5. The minimum absolute atomic E-state index is 0.526. The van der Waals surface area contributed by atoms with Gasteiger partial charge >= 0.3 is 6.09 Å². The fourth-order valence-corrected chi connectivity index (χ4v) is 2.28. The van der Waals surface area contributed by atoms with E-state index < -0.39 is 17.7 Å². The van der Waals surface area contributed by atoms with Gasteiger partial charge in [0.15, 0.2) is 0 Å². The van der Waals surface area contributed by atoms with Gasteiger partial charge in [-0.1, -0.05) is 18.2 Å². The van der Waals surface area contributed by atoms with Crippen LogP contribution < -0.4 is 0 Å². The van der Waals surface area contributed by atoms with Crippen LogP contribution in [-0.2, 0) is 4.79 Å². The molecule has 0 aliphatic heterocycles. The first kappa shape index (κ1) is 14.1. The molecule has 0 saturated heterocycles. The van der Waals surface area contributed by atoms with Crippen LogP contribution in [0.2, 0.25) is 0 Å². The number of aromatic nitrogens is 1. The van der Waals surface area contributed by atoms with E-state index in [-0.39, 0.29) is 0 Å². The number of amides is 1. The van der Waals surface area contributed by atoms with Crippen LogP contribution >= 0.6 is 0 Å². The third-order valence-electron chi connectivity index (χ3n) is 3.14. The van der Waals surface area contributed by atoms with Gasteiger partial charge in [-0.2, -0.15) is 0 Å². The summed E-state index contributed by atoms with van der Waals surface area (Å²) in [5.74, 6) is 0. The summed E-state index contributed by atoms with van der Waals surface area (Å²) in [7, 11) is 0. The van der Waals surface area contributed by atoms with Crippen molar-refractivity contribution in [1.82, 2.24) is 9.88 Å². The van der Waals surface area contributed by atoms with E-state index in [0.717, 1.165) is 15.8 Å². The lowest BCUT2D eigenvalue weighted by molar-refractivity contribution is 0.0861. The summed E-state index contributed by atoms with van der Waals surface area (Å²) in [6, 6.07) is 8.36. The van der Waals surface area contributed by atoms with Crippen LogP contribution in [0.3, 0.4) is 0 Å². The Morgan fingerprint density at radius 2 is 2.00 bits per heavy atom. The molecule has 5 heteroatoms. The van der Waals surface area contributed by atoms with Crippen LogP contribution in [0.25, 0.3) is 10.9 Å². The number of hydrogen-bond acceptors (Lipinski definition) is 2. The zero-order chi connectivity index (χ0) is 14.9. The largest absolute Gasteiger partial charge is 0.465 e. The Balaban J connectivity index is 2.50. The Kier molecular flexibility index (Phi) is 3.53. The molecule has 2 N–H and O–H groups in total. The minimum atomic E-state index is -1.15. The topological polar surface area (TPSA) is 73.4 Å². The summed E-state index contributed by atoms with van der Waals surface area (Å²) < 4.78 is 0. The van der Waals surface area contributed by atoms with Crippen LogP contribution in [0.4, 0.5) is 4.79 Å². The van der Waals surface area contributed by atoms with Gasteiger partial charge in [-0.05, 0) is 38.3 Å². The Morgan fingerprint density at radius 3 is 2.50 bits per heavy atom. The molecule has 2 rings (SSSR count). The number of carbonyl (C=O) groups is 1. The number of benzene rings is 1. The van der Waals surface area contributed by atoms with Crippen molar-refractivity contribution in [3.05, 3.63) is 36.0 Å². The van der Waals surface area contributed by atoms with Crippen LogP contribution in [0.1, 0.15) is 32.5 Å². The molecule has 0 saturated carbocycles. The number of carbonyl (C=O) groups excluding carboxylic acids is 1. The second kappa shape index (κ2) is 5.00. The number of nitrogens with zero attached hydrogens (tertiary/aromatic N) is 1. The Hall–Kier alpha value is -2.30. The van der Waals surface area contributed by atoms with Crippen LogP contribution in [0.15, 0.2) is 30.3 Å². The third kappa shape index (κ3) is 2.52. The highest BCUT2D eigenvalue weighted by molar-refractivity contribution is 5.83. The smallest absolute Gasteiger partial charge is 0.408 e. The van der Waals surface area contributed by atoms with Crippen molar-refractivity contribution in [2.45, 2.75) is 32.4 Å². The normalized spacial score (nSPS) is 13.2. The number of H-pyrrole nitrogens is 1. The highest BCUT2D eigenvalue weighted by atomic mass is 16.4. The SMILES string of the molecule is CC(C)(C)N(C(=O)O)C([C]=O)c1cc2ccccc2[nH]1. The number of fused-ring (bicyclic) bond motifs is 1. The number of nitrogens with one attached hydrogen (secondary N) is 1. The second-order valence-electron chi connectivity index (χ2n) is 5.66. The van der Waals surface area contributed by atoms with Crippen molar-refractivity contribution in [2.24, 2.45) is 0 Å². The van der Waals surface area contributed by atoms with E-state index in [9.17, 15) is 14.7 Å². The van der Waals surface area contributed by atoms with E-state index >= 15 is 0 Å². The van der Waals surface area contributed by atoms with E-state index in [1.807, 2.05) is 30.6 Å². The van der Waals surface area contributed by atoms with Crippen molar-refractivity contribution in [3.63, 3.8) is 0 Å². The van der Waals surface area contributed by atoms with Gasteiger partial charge < -0.3 is 10.1 Å². The summed E-state index contributed by atoms with van der Waals surface area (Å²) >= 11 is 0. The zero-order valence-electron chi connectivity index (χ0n) is 11.7. The fraction of sp³-hybridized carbons (Fsp3) is 0.333. The van der Waals surface area contributed by atoms with Gasteiger partial charge in [-0.15, -0.1) is 0 Å². The van der Waals surface area contributed by atoms with Crippen LogP contribution in [0, 0.1) is 0 Å². The summed E-state index contributed by atoms with van der Waals surface area (Å²) in [6.07, 6.45) is 0.683. The molecule has 0 aliphatic rings. The molecule has 20 heavy (non-hydrogen) atoms.